The maximum Gasteiger partial charge on any atom is 0.150 e. The summed E-state index contributed by atoms with van der Waals surface area (Å²) in [5.41, 5.74) is 0. The van der Waals surface area contributed by atoms with Crippen LogP contribution in [0.5, 0.6) is 0 Å². The molecule has 0 spiro atoms. The van der Waals surface area contributed by atoms with Crippen LogP contribution >= 0.6 is 0 Å². The Morgan fingerprint density at radius 1 is 1.88 bits per heavy atom. The highest BCUT2D eigenvalue weighted by Gasteiger charge is 2.08. The van der Waals surface area contributed by atoms with Crippen molar-refractivity contribution in [2.24, 2.45) is 16.2 Å². The predicted octanol–water partition coefficient (Wildman–Crippen LogP) is -0.940. The summed E-state index contributed by atoms with van der Waals surface area (Å²) in [5, 5.41) is 8.16. The van der Waals surface area contributed by atoms with Gasteiger partial charge in [0.1, 0.15) is 6.34 Å². The van der Waals surface area contributed by atoms with Crippen molar-refractivity contribution in [1.29, 1.82) is 0 Å². The lowest BCUT2D eigenvalue weighted by atomic mass is 11.0. The molecule has 0 atom stereocenters. The molecule has 0 saturated heterocycles. The Kier molecular flexibility index (Phi) is 1.09. The molecule has 1 aliphatic rings. The molecule has 0 aromatic rings. The third-order valence-electron chi connectivity index (χ3n) is 0.717. The van der Waals surface area contributed by atoms with Crippen molar-refractivity contribution in [3.63, 3.8) is 0 Å². The highest BCUT2D eigenvalue weighted by atomic mass is 16.3. The van der Waals surface area contributed by atoms with Crippen molar-refractivity contribution >= 4 is 6.34 Å². The minimum Gasteiger partial charge on any atom is -0.275 e. The van der Waals surface area contributed by atoms with Gasteiger partial charge >= 0.3 is 0 Å². The van der Waals surface area contributed by atoms with Crippen molar-refractivity contribution in [2.45, 2.75) is 0 Å². The molecule has 1 heterocycles. The molecule has 6 heteroatoms. The number of nitrogens with zero attached hydrogens (tertiary/aromatic N) is 4. The van der Waals surface area contributed by atoms with E-state index in [0.717, 1.165) is 5.12 Å². The van der Waals surface area contributed by atoms with E-state index in [1.54, 1.807) is 0 Å². The summed E-state index contributed by atoms with van der Waals surface area (Å²) in [7, 11) is 0. The maximum atomic E-state index is 9.63. The van der Waals surface area contributed by atoms with E-state index in [-0.39, 0.29) is 6.67 Å². The number of nitrogens with two attached hydrogens (primary N) is 1. The first-order chi connectivity index (χ1) is 3.83. The van der Waals surface area contributed by atoms with Crippen molar-refractivity contribution < 1.29 is 0 Å². The van der Waals surface area contributed by atoms with Crippen LogP contribution in [-0.4, -0.2) is 23.1 Å². The Balaban J connectivity index is 2.45. The average Bonchev–Trinajstić information content (AvgIpc) is 2.14. The summed E-state index contributed by atoms with van der Waals surface area (Å²) >= 11 is 0. The molecule has 0 unspecified atom stereocenters. The monoisotopic (exact) mass is 115 g/mol. The minimum atomic E-state index is 0.240. The van der Waals surface area contributed by atoms with Gasteiger partial charge < -0.3 is 0 Å². The molecule has 2 N–H and O–H groups in total. The molecular formula is C2H5N5O. The molecule has 6 nitrogen and oxygen atoms in total. The molecule has 0 aromatic heterocycles. The van der Waals surface area contributed by atoms with Crippen LogP contribution in [0.25, 0.3) is 0 Å². The molecule has 1 aliphatic heterocycles. The summed E-state index contributed by atoms with van der Waals surface area (Å²) in [4.78, 5) is 9.63. The van der Waals surface area contributed by atoms with Gasteiger partial charge in [-0.05, 0) is 0 Å². The van der Waals surface area contributed by atoms with E-state index in [4.69, 9.17) is 5.84 Å². The summed E-state index contributed by atoms with van der Waals surface area (Å²) in [6.45, 7) is 0.240. The molecule has 0 bridgehead atoms. The molecule has 0 fully saturated rings. The lowest BCUT2D eigenvalue weighted by Gasteiger charge is -2.03. The second-order valence-corrected chi connectivity index (χ2v) is 1.34. The van der Waals surface area contributed by atoms with Crippen LogP contribution < -0.4 is 5.84 Å². The Bertz CT molecular complexity index is 122. The van der Waals surface area contributed by atoms with E-state index in [2.05, 4.69) is 10.4 Å². The van der Waals surface area contributed by atoms with Gasteiger partial charge in [-0.25, -0.2) is 5.84 Å². The van der Waals surface area contributed by atoms with Crippen LogP contribution in [0.4, 0.5) is 0 Å². The van der Waals surface area contributed by atoms with Gasteiger partial charge in [0.25, 0.3) is 0 Å². The van der Waals surface area contributed by atoms with E-state index in [1.165, 1.54) is 11.3 Å². The Labute approximate surface area is 45.5 Å². The zero-order chi connectivity index (χ0) is 5.98. The average molecular weight is 115 g/mol. The molecule has 44 valence electrons. The molecule has 8 heavy (non-hydrogen) atoms. The van der Waals surface area contributed by atoms with E-state index in [1.807, 2.05) is 0 Å². The third-order valence-corrected chi connectivity index (χ3v) is 0.717. The van der Waals surface area contributed by atoms with Crippen LogP contribution in [-0.2, 0) is 0 Å². The number of rotatable bonds is 1. The molecule has 0 amide bonds. The fourth-order valence-electron chi connectivity index (χ4n) is 0.392. The van der Waals surface area contributed by atoms with Gasteiger partial charge in [-0.1, -0.05) is 0 Å². The van der Waals surface area contributed by atoms with Crippen LogP contribution in [0, 0.1) is 4.91 Å². The lowest BCUT2D eigenvalue weighted by molar-refractivity contribution is 0.244. The Morgan fingerprint density at radius 2 is 2.62 bits per heavy atom. The maximum absolute atomic E-state index is 9.63. The smallest absolute Gasteiger partial charge is 0.150 e. The summed E-state index contributed by atoms with van der Waals surface area (Å²) in [6, 6.07) is 0. The first kappa shape index (κ1) is 4.98. The minimum absolute atomic E-state index is 0.240. The zero-order valence-electron chi connectivity index (χ0n) is 4.06. The van der Waals surface area contributed by atoms with Gasteiger partial charge in [0.15, 0.2) is 6.67 Å². The van der Waals surface area contributed by atoms with Crippen molar-refractivity contribution in [3.8, 4) is 0 Å². The highest BCUT2D eigenvalue weighted by molar-refractivity contribution is 5.54. The first-order valence-electron chi connectivity index (χ1n) is 1.99. The summed E-state index contributed by atoms with van der Waals surface area (Å²) in [6.07, 6.45) is 1.32. The Hall–Kier alpha value is -1.17. The topological polar surface area (TPSA) is 74.3 Å². The lowest BCUT2D eigenvalue weighted by Crippen LogP contribution is -2.30. The molecule has 0 saturated carbocycles. The highest BCUT2D eigenvalue weighted by Crippen LogP contribution is 1.95. The second kappa shape index (κ2) is 1.74. The molecule has 1 rings (SSSR count). The molecule has 0 aromatic carbocycles. The van der Waals surface area contributed by atoms with Crippen LogP contribution in [0.15, 0.2) is 10.4 Å². The number of hydrazone groups is 1. The third kappa shape index (κ3) is 0.733. The number of hydrogen-bond donors (Lipinski definition) is 1. The van der Waals surface area contributed by atoms with Gasteiger partial charge in [0.2, 0.25) is 0 Å². The Morgan fingerprint density at radius 3 is 2.88 bits per heavy atom. The van der Waals surface area contributed by atoms with Gasteiger partial charge in [0, 0.05) is 0 Å². The van der Waals surface area contributed by atoms with Crippen molar-refractivity contribution in [1.82, 2.24) is 10.1 Å². The van der Waals surface area contributed by atoms with E-state index < -0.39 is 0 Å². The fourth-order valence-corrected chi connectivity index (χ4v) is 0.392. The molecule has 0 radical (unpaired) electrons. The predicted molar refractivity (Wildman–Crippen MR) is 27.0 cm³/mol. The van der Waals surface area contributed by atoms with E-state index in [0.29, 0.717) is 0 Å². The number of hydrazine groups is 1. The van der Waals surface area contributed by atoms with Crippen LogP contribution in [0.1, 0.15) is 0 Å². The fraction of sp³-hybridized carbons (Fsp3) is 0.500. The SMILES string of the molecule is NN1C=NN(N=O)C1. The normalized spacial score (nSPS) is 17.6. The van der Waals surface area contributed by atoms with Gasteiger partial charge in [-0.2, -0.15) is 0 Å². The van der Waals surface area contributed by atoms with Crippen molar-refractivity contribution in [2.75, 3.05) is 6.67 Å². The molecular weight excluding hydrogens is 110 g/mol. The first-order valence-corrected chi connectivity index (χ1v) is 1.99. The standard InChI is InChI=1S/C2H5N5O/c3-6-1-4-7(2-6)5-8/h1H,2-3H2. The largest absolute Gasteiger partial charge is 0.275 e. The van der Waals surface area contributed by atoms with E-state index in [9.17, 15) is 4.91 Å². The zero-order valence-corrected chi connectivity index (χ0v) is 4.06. The number of hydrogen-bond acceptors (Lipinski definition) is 5. The van der Waals surface area contributed by atoms with Gasteiger partial charge in [0.05, 0.1) is 5.29 Å². The van der Waals surface area contributed by atoms with E-state index >= 15 is 0 Å². The molecule has 0 aliphatic carbocycles. The van der Waals surface area contributed by atoms with Gasteiger partial charge in [-0.15, -0.1) is 15.1 Å². The van der Waals surface area contributed by atoms with Crippen LogP contribution in [0.3, 0.4) is 0 Å². The summed E-state index contributed by atoms with van der Waals surface area (Å²) < 4.78 is 0. The number of nitroso groups, excluding NO2 is 1. The van der Waals surface area contributed by atoms with Crippen molar-refractivity contribution in [3.05, 3.63) is 4.91 Å². The van der Waals surface area contributed by atoms with Crippen LogP contribution in [0.2, 0.25) is 0 Å². The van der Waals surface area contributed by atoms with Gasteiger partial charge in [-0.3, -0.25) is 5.01 Å². The quantitative estimate of drug-likeness (QED) is 0.353. The second-order valence-electron chi connectivity index (χ2n) is 1.34. The summed E-state index contributed by atoms with van der Waals surface area (Å²) in [5.74, 6) is 5.14.